The van der Waals surface area contributed by atoms with Crippen LogP contribution in [0.1, 0.15) is 10.4 Å². The lowest BCUT2D eigenvalue weighted by molar-refractivity contribution is -0.143. The topological polar surface area (TPSA) is 111 Å². The molecule has 1 aromatic heterocycles. The van der Waals surface area contributed by atoms with Crippen LogP contribution in [0.25, 0.3) is 0 Å². The summed E-state index contributed by atoms with van der Waals surface area (Å²) in [6.45, 7) is -0.593. The van der Waals surface area contributed by atoms with E-state index in [0.717, 1.165) is 9.78 Å². The van der Waals surface area contributed by atoms with Crippen molar-refractivity contribution in [3.8, 4) is 6.07 Å². The molecule has 0 spiro atoms. The smallest absolute Gasteiger partial charge is 0.324 e. The predicted molar refractivity (Wildman–Crippen MR) is 91.8 cm³/mol. The Labute approximate surface area is 152 Å². The van der Waals surface area contributed by atoms with E-state index in [1.165, 1.54) is 17.4 Å². The third-order valence-electron chi connectivity index (χ3n) is 3.61. The van der Waals surface area contributed by atoms with E-state index in [2.05, 4.69) is 5.32 Å². The molecule has 3 rings (SSSR count). The van der Waals surface area contributed by atoms with Crippen molar-refractivity contribution >= 4 is 40.8 Å². The maximum Gasteiger partial charge on any atom is 0.335 e. The normalized spacial score (nSPS) is 13.9. The number of rotatable bonds is 5. The summed E-state index contributed by atoms with van der Waals surface area (Å²) in [6, 6.07) is 10.8. The first-order valence-electron chi connectivity index (χ1n) is 7.49. The molecule has 2 aromatic rings. The molecule has 0 unspecified atom stereocenters. The van der Waals surface area contributed by atoms with Gasteiger partial charge in [0.05, 0.1) is 18.2 Å². The molecule has 2 heterocycles. The summed E-state index contributed by atoms with van der Waals surface area (Å²) in [4.78, 5) is 50.7. The fraction of sp³-hybridized carbons (Fsp3) is 0.118. The Kier molecular flexibility index (Phi) is 4.77. The van der Waals surface area contributed by atoms with Crippen LogP contribution in [0.15, 0.2) is 41.8 Å². The van der Waals surface area contributed by atoms with Crippen LogP contribution in [0.5, 0.6) is 0 Å². The lowest BCUT2D eigenvalue weighted by Crippen LogP contribution is -2.38. The second-order valence-corrected chi connectivity index (χ2v) is 6.42. The first kappa shape index (κ1) is 17.3. The second kappa shape index (κ2) is 7.16. The molecule has 8 nitrogen and oxygen atoms in total. The van der Waals surface area contributed by atoms with Gasteiger partial charge < -0.3 is 5.32 Å². The SMILES string of the molecule is N#Cc1cccc(NC(=O)CN2C(=O)C(=O)N(Cc3cccs3)C2=O)c1. The molecule has 0 radical (unpaired) electrons. The van der Waals surface area contributed by atoms with E-state index in [-0.39, 0.29) is 6.54 Å². The summed E-state index contributed by atoms with van der Waals surface area (Å²) in [6.07, 6.45) is 0. The van der Waals surface area contributed by atoms with Crippen LogP contribution in [-0.2, 0) is 20.9 Å². The van der Waals surface area contributed by atoms with Crippen molar-refractivity contribution in [3.05, 3.63) is 52.2 Å². The van der Waals surface area contributed by atoms with Gasteiger partial charge >= 0.3 is 17.8 Å². The zero-order valence-corrected chi connectivity index (χ0v) is 14.2. The molecule has 26 heavy (non-hydrogen) atoms. The van der Waals surface area contributed by atoms with Crippen LogP contribution in [0, 0.1) is 11.3 Å². The minimum Gasteiger partial charge on any atom is -0.324 e. The Morgan fingerprint density at radius 3 is 2.58 bits per heavy atom. The number of hydrogen-bond donors (Lipinski definition) is 1. The fourth-order valence-electron chi connectivity index (χ4n) is 2.40. The molecule has 1 N–H and O–H groups in total. The number of imide groups is 2. The van der Waals surface area contributed by atoms with Gasteiger partial charge in [-0.25, -0.2) is 9.69 Å². The average molecular weight is 368 g/mol. The summed E-state index contributed by atoms with van der Waals surface area (Å²) < 4.78 is 0. The van der Waals surface area contributed by atoms with Crippen LogP contribution in [0.3, 0.4) is 0 Å². The molecular weight excluding hydrogens is 356 g/mol. The van der Waals surface area contributed by atoms with Crippen molar-refractivity contribution < 1.29 is 19.2 Å². The molecule has 1 aliphatic rings. The first-order chi connectivity index (χ1) is 12.5. The van der Waals surface area contributed by atoms with E-state index in [4.69, 9.17) is 5.26 Å². The highest BCUT2D eigenvalue weighted by Crippen LogP contribution is 2.19. The lowest BCUT2D eigenvalue weighted by atomic mass is 10.2. The van der Waals surface area contributed by atoms with Gasteiger partial charge in [-0.2, -0.15) is 5.26 Å². The summed E-state index contributed by atoms with van der Waals surface area (Å²) in [7, 11) is 0. The minimum atomic E-state index is -1.03. The fourth-order valence-corrected chi connectivity index (χ4v) is 3.09. The molecule has 1 aliphatic heterocycles. The van der Waals surface area contributed by atoms with E-state index >= 15 is 0 Å². The highest BCUT2D eigenvalue weighted by Gasteiger charge is 2.45. The minimum absolute atomic E-state index is 0.0105. The molecule has 1 aromatic carbocycles. The molecule has 9 heteroatoms. The highest BCUT2D eigenvalue weighted by molar-refractivity contribution is 7.09. The van der Waals surface area contributed by atoms with Gasteiger partial charge in [-0.3, -0.25) is 19.3 Å². The van der Waals surface area contributed by atoms with E-state index < -0.39 is 30.3 Å². The summed E-state index contributed by atoms with van der Waals surface area (Å²) in [5, 5.41) is 13.1. The Bertz CT molecular complexity index is 932. The number of carbonyl (C=O) groups excluding carboxylic acids is 4. The van der Waals surface area contributed by atoms with E-state index in [1.54, 1.807) is 35.7 Å². The van der Waals surface area contributed by atoms with Crippen LogP contribution in [-0.4, -0.2) is 40.1 Å². The molecule has 0 bridgehead atoms. The molecule has 1 fully saturated rings. The Morgan fingerprint density at radius 2 is 1.88 bits per heavy atom. The summed E-state index contributed by atoms with van der Waals surface area (Å²) in [5.74, 6) is -2.64. The molecule has 1 saturated heterocycles. The largest absolute Gasteiger partial charge is 0.335 e. The van der Waals surface area contributed by atoms with Gasteiger partial charge in [-0.1, -0.05) is 12.1 Å². The monoisotopic (exact) mass is 368 g/mol. The molecule has 130 valence electrons. The van der Waals surface area contributed by atoms with Gasteiger partial charge in [0.25, 0.3) is 0 Å². The average Bonchev–Trinajstić information content (AvgIpc) is 3.21. The van der Waals surface area contributed by atoms with Crippen LogP contribution < -0.4 is 5.32 Å². The van der Waals surface area contributed by atoms with Gasteiger partial charge in [-0.15, -0.1) is 11.3 Å². The van der Waals surface area contributed by atoms with E-state index in [0.29, 0.717) is 16.2 Å². The standard InChI is InChI=1S/C17H12N4O4S/c18-8-11-3-1-4-12(7-11)19-14(22)10-21-16(24)15(23)20(17(21)25)9-13-5-2-6-26-13/h1-7H,9-10H2,(H,19,22). The van der Waals surface area contributed by atoms with Gasteiger partial charge in [0.2, 0.25) is 5.91 Å². The van der Waals surface area contributed by atoms with Crippen molar-refractivity contribution in [1.82, 2.24) is 9.80 Å². The maximum atomic E-state index is 12.3. The number of amides is 5. The highest BCUT2D eigenvalue weighted by atomic mass is 32.1. The number of carbonyl (C=O) groups is 4. The van der Waals surface area contributed by atoms with Crippen molar-refractivity contribution in [3.63, 3.8) is 0 Å². The number of nitrogens with zero attached hydrogens (tertiary/aromatic N) is 3. The number of nitriles is 1. The van der Waals surface area contributed by atoms with Gasteiger partial charge in [0.15, 0.2) is 0 Å². The molecule has 5 amide bonds. The third kappa shape index (κ3) is 3.45. The van der Waals surface area contributed by atoms with Crippen molar-refractivity contribution in [2.24, 2.45) is 0 Å². The number of urea groups is 1. The zero-order valence-electron chi connectivity index (χ0n) is 13.3. The molecule has 0 atom stereocenters. The van der Waals surface area contributed by atoms with E-state index in [1.807, 2.05) is 6.07 Å². The molecule has 0 aliphatic carbocycles. The predicted octanol–water partition coefficient (Wildman–Crippen LogP) is 1.55. The van der Waals surface area contributed by atoms with Crippen molar-refractivity contribution in [2.45, 2.75) is 6.54 Å². The third-order valence-corrected chi connectivity index (χ3v) is 4.47. The number of thiophene rings is 1. The number of benzene rings is 1. The number of nitrogens with one attached hydrogen (secondary N) is 1. The van der Waals surface area contributed by atoms with Gasteiger partial charge in [0, 0.05) is 10.6 Å². The second-order valence-electron chi connectivity index (χ2n) is 5.39. The summed E-state index contributed by atoms with van der Waals surface area (Å²) >= 11 is 1.35. The lowest BCUT2D eigenvalue weighted by Gasteiger charge is -2.14. The first-order valence-corrected chi connectivity index (χ1v) is 8.37. The van der Waals surface area contributed by atoms with Crippen molar-refractivity contribution in [1.29, 1.82) is 5.26 Å². The zero-order chi connectivity index (χ0) is 18.7. The quantitative estimate of drug-likeness (QED) is 0.636. The Hall–Kier alpha value is -3.51. The molecular formula is C17H12N4O4S. The molecule has 0 saturated carbocycles. The van der Waals surface area contributed by atoms with Crippen LogP contribution in [0.4, 0.5) is 10.5 Å². The Balaban J connectivity index is 1.67. The van der Waals surface area contributed by atoms with Gasteiger partial charge in [-0.05, 0) is 29.6 Å². The van der Waals surface area contributed by atoms with Gasteiger partial charge in [0.1, 0.15) is 6.54 Å². The van der Waals surface area contributed by atoms with Crippen molar-refractivity contribution in [2.75, 3.05) is 11.9 Å². The number of hydrogen-bond acceptors (Lipinski definition) is 6. The van der Waals surface area contributed by atoms with Crippen LogP contribution in [0.2, 0.25) is 0 Å². The number of anilines is 1. The van der Waals surface area contributed by atoms with E-state index in [9.17, 15) is 19.2 Å². The van der Waals surface area contributed by atoms with Crippen LogP contribution >= 0.6 is 11.3 Å². The maximum absolute atomic E-state index is 12.3. The Morgan fingerprint density at radius 1 is 1.12 bits per heavy atom. The summed E-state index contributed by atoms with van der Waals surface area (Å²) in [5.41, 5.74) is 0.711.